The molecule has 1 atom stereocenters. The largest absolute Gasteiger partial charge is 0.481 e. The van der Waals surface area contributed by atoms with E-state index in [4.69, 9.17) is 0 Å². The van der Waals surface area contributed by atoms with Crippen molar-refractivity contribution in [3.63, 3.8) is 0 Å². The van der Waals surface area contributed by atoms with E-state index in [0.29, 0.717) is 12.1 Å². The first-order valence-corrected chi connectivity index (χ1v) is 9.86. The van der Waals surface area contributed by atoms with Crippen LogP contribution in [0.15, 0.2) is 30.7 Å². The van der Waals surface area contributed by atoms with E-state index >= 15 is 0 Å². The van der Waals surface area contributed by atoms with Gasteiger partial charge in [0.15, 0.2) is 0 Å². The van der Waals surface area contributed by atoms with Gasteiger partial charge in [-0.05, 0) is 50.2 Å². The molecule has 0 aliphatic carbocycles. The monoisotopic (exact) mass is 382 g/mol. The van der Waals surface area contributed by atoms with Gasteiger partial charge in [-0.1, -0.05) is 6.07 Å². The Morgan fingerprint density at radius 3 is 2.86 bits per heavy atom. The average molecular weight is 382 g/mol. The molecular formula is C21H26N4O3. The number of Topliss-reactive ketones (excluding diaryl/α,β-unsaturated/α-hetero) is 1. The van der Waals surface area contributed by atoms with Gasteiger partial charge in [-0.25, -0.2) is 4.98 Å². The summed E-state index contributed by atoms with van der Waals surface area (Å²) in [7, 11) is 0. The molecule has 0 saturated carbocycles. The van der Waals surface area contributed by atoms with Crippen molar-refractivity contribution in [2.24, 2.45) is 0 Å². The summed E-state index contributed by atoms with van der Waals surface area (Å²) in [6, 6.07) is 4.22. The number of carboxylic acid groups (broad SMARTS) is 1. The van der Waals surface area contributed by atoms with Gasteiger partial charge in [0, 0.05) is 43.7 Å². The summed E-state index contributed by atoms with van der Waals surface area (Å²) in [6.07, 6.45) is 10.1. The van der Waals surface area contributed by atoms with Crippen LogP contribution in [0.4, 0.5) is 5.82 Å². The molecule has 148 valence electrons. The van der Waals surface area contributed by atoms with Crippen molar-refractivity contribution in [2.45, 2.75) is 57.3 Å². The molecule has 0 fully saturated rings. The molecule has 0 aromatic carbocycles. The number of nitrogens with one attached hydrogen (secondary N) is 1. The number of carbonyl (C=O) groups is 2. The van der Waals surface area contributed by atoms with Gasteiger partial charge in [-0.2, -0.15) is 0 Å². The lowest BCUT2D eigenvalue weighted by Gasteiger charge is -2.17. The van der Waals surface area contributed by atoms with Gasteiger partial charge >= 0.3 is 5.97 Å². The summed E-state index contributed by atoms with van der Waals surface area (Å²) < 4.78 is 0. The van der Waals surface area contributed by atoms with Crippen LogP contribution >= 0.6 is 0 Å². The highest BCUT2D eigenvalue weighted by Gasteiger charge is 2.22. The standard InChI is InChI=1S/C21H26N4O3/c26-17(9-10-18(21(27)28)19-14-22-12-13-23-19)6-2-1-5-16-8-7-15-4-3-11-24-20(15)25-16/h7-8,12-14,18H,1-6,9-11H2,(H,24,25)(H,27,28)/t18-/m0/s1. The van der Waals surface area contributed by atoms with Gasteiger partial charge in [-0.15, -0.1) is 0 Å². The summed E-state index contributed by atoms with van der Waals surface area (Å²) in [5, 5.41) is 12.7. The third-order valence-electron chi connectivity index (χ3n) is 5.04. The maximum Gasteiger partial charge on any atom is 0.312 e. The van der Waals surface area contributed by atoms with Crippen LogP contribution in [0.3, 0.4) is 0 Å². The Morgan fingerprint density at radius 1 is 1.18 bits per heavy atom. The van der Waals surface area contributed by atoms with Crippen LogP contribution in [0, 0.1) is 0 Å². The minimum absolute atomic E-state index is 0.0928. The second-order valence-corrected chi connectivity index (χ2v) is 7.15. The predicted octanol–water partition coefficient (Wildman–Crippen LogP) is 3.16. The second kappa shape index (κ2) is 9.92. The fourth-order valence-electron chi connectivity index (χ4n) is 3.46. The van der Waals surface area contributed by atoms with E-state index in [1.54, 1.807) is 0 Å². The van der Waals surface area contributed by atoms with Gasteiger partial charge < -0.3 is 10.4 Å². The highest BCUT2D eigenvalue weighted by molar-refractivity contribution is 5.80. The molecule has 0 radical (unpaired) electrons. The molecule has 28 heavy (non-hydrogen) atoms. The van der Waals surface area contributed by atoms with Crippen molar-refractivity contribution in [1.29, 1.82) is 0 Å². The molecule has 2 aromatic heterocycles. The number of unbranched alkanes of at least 4 members (excludes halogenated alkanes) is 1. The van der Waals surface area contributed by atoms with Crippen LogP contribution in [0.5, 0.6) is 0 Å². The molecule has 3 rings (SSSR count). The number of fused-ring (bicyclic) bond motifs is 1. The zero-order valence-electron chi connectivity index (χ0n) is 15.9. The summed E-state index contributed by atoms with van der Waals surface area (Å²) in [5.74, 6) is -0.663. The molecule has 0 spiro atoms. The fraction of sp³-hybridized carbons (Fsp3) is 0.476. The Balaban J connectivity index is 1.39. The Labute approximate surface area is 164 Å². The molecule has 0 amide bonds. The Hall–Kier alpha value is -2.83. The number of hydrogen-bond donors (Lipinski definition) is 2. The van der Waals surface area contributed by atoms with Crippen molar-refractivity contribution in [2.75, 3.05) is 11.9 Å². The van der Waals surface area contributed by atoms with E-state index in [9.17, 15) is 14.7 Å². The molecule has 2 aromatic rings. The van der Waals surface area contributed by atoms with Crippen LogP contribution in [-0.2, 0) is 22.4 Å². The fourth-order valence-corrected chi connectivity index (χ4v) is 3.46. The van der Waals surface area contributed by atoms with Crippen LogP contribution in [0.25, 0.3) is 0 Å². The zero-order chi connectivity index (χ0) is 19.8. The van der Waals surface area contributed by atoms with Crippen LogP contribution in [0.1, 0.15) is 61.4 Å². The maximum absolute atomic E-state index is 12.1. The van der Waals surface area contributed by atoms with E-state index in [1.807, 2.05) is 0 Å². The van der Waals surface area contributed by atoms with E-state index in [2.05, 4.69) is 32.4 Å². The summed E-state index contributed by atoms with van der Waals surface area (Å²) in [4.78, 5) is 36.2. The van der Waals surface area contributed by atoms with Crippen molar-refractivity contribution in [3.05, 3.63) is 47.7 Å². The Kier molecular flexibility index (Phi) is 7.06. The number of pyridine rings is 1. The van der Waals surface area contributed by atoms with Gasteiger partial charge in [0.1, 0.15) is 17.5 Å². The Bertz CT molecular complexity index is 811. The Morgan fingerprint density at radius 2 is 2.07 bits per heavy atom. The van der Waals surface area contributed by atoms with Gasteiger partial charge in [0.25, 0.3) is 0 Å². The zero-order valence-corrected chi connectivity index (χ0v) is 15.9. The van der Waals surface area contributed by atoms with Crippen molar-refractivity contribution < 1.29 is 14.7 Å². The minimum atomic E-state index is -0.972. The van der Waals surface area contributed by atoms with Gasteiger partial charge in [0.05, 0.1) is 5.69 Å². The van der Waals surface area contributed by atoms with Crippen LogP contribution in [0.2, 0.25) is 0 Å². The second-order valence-electron chi connectivity index (χ2n) is 7.15. The van der Waals surface area contributed by atoms with Gasteiger partial charge in [-0.3, -0.25) is 19.6 Å². The number of anilines is 1. The number of rotatable bonds is 10. The van der Waals surface area contributed by atoms with Crippen molar-refractivity contribution in [1.82, 2.24) is 15.0 Å². The smallest absolute Gasteiger partial charge is 0.312 e. The summed E-state index contributed by atoms with van der Waals surface area (Å²) >= 11 is 0. The van der Waals surface area contributed by atoms with E-state index < -0.39 is 11.9 Å². The molecule has 1 aliphatic heterocycles. The molecule has 7 nitrogen and oxygen atoms in total. The van der Waals surface area contributed by atoms with Crippen molar-refractivity contribution >= 4 is 17.6 Å². The van der Waals surface area contributed by atoms with Crippen molar-refractivity contribution in [3.8, 4) is 0 Å². The normalized spacial score (nSPS) is 14.0. The first-order chi connectivity index (χ1) is 13.6. The number of hydrogen-bond acceptors (Lipinski definition) is 6. The average Bonchev–Trinajstić information content (AvgIpc) is 2.72. The van der Waals surface area contributed by atoms with Crippen LogP contribution in [-0.4, -0.2) is 38.4 Å². The first kappa shape index (κ1) is 19.9. The molecule has 0 bridgehead atoms. The lowest BCUT2D eigenvalue weighted by atomic mass is 9.96. The number of nitrogens with zero attached hydrogens (tertiary/aromatic N) is 3. The number of aliphatic carboxylic acids is 1. The third kappa shape index (κ3) is 5.58. The number of aromatic nitrogens is 3. The molecular weight excluding hydrogens is 356 g/mol. The number of carboxylic acids is 1. The number of carbonyl (C=O) groups excluding carboxylic acids is 1. The third-order valence-corrected chi connectivity index (χ3v) is 5.04. The number of aryl methyl sites for hydroxylation is 2. The lowest BCUT2D eigenvalue weighted by Crippen LogP contribution is -2.15. The van der Waals surface area contributed by atoms with Crippen LogP contribution < -0.4 is 5.32 Å². The van der Waals surface area contributed by atoms with E-state index in [1.165, 1.54) is 24.2 Å². The number of ketones is 1. The maximum atomic E-state index is 12.1. The molecule has 7 heteroatoms. The molecule has 2 N–H and O–H groups in total. The quantitative estimate of drug-likeness (QED) is 0.608. The van der Waals surface area contributed by atoms with Gasteiger partial charge in [0.2, 0.25) is 0 Å². The molecule has 0 unspecified atom stereocenters. The lowest BCUT2D eigenvalue weighted by molar-refractivity contribution is -0.139. The molecule has 3 heterocycles. The predicted molar refractivity (Wildman–Crippen MR) is 105 cm³/mol. The first-order valence-electron chi connectivity index (χ1n) is 9.86. The molecule has 1 aliphatic rings. The van der Waals surface area contributed by atoms with E-state index in [-0.39, 0.29) is 18.6 Å². The topological polar surface area (TPSA) is 105 Å². The highest BCUT2D eigenvalue weighted by Crippen LogP contribution is 2.21. The summed E-state index contributed by atoms with van der Waals surface area (Å²) in [6.45, 7) is 0.976. The SMILES string of the molecule is O=C(CCCCc1ccc2c(n1)NCCC2)CC[C@H](C(=O)O)c1cnccn1. The summed E-state index contributed by atoms with van der Waals surface area (Å²) in [5.41, 5.74) is 2.73. The minimum Gasteiger partial charge on any atom is -0.481 e. The highest BCUT2D eigenvalue weighted by atomic mass is 16.4. The van der Waals surface area contributed by atoms with E-state index in [0.717, 1.165) is 50.2 Å². The molecule has 0 saturated heterocycles.